The van der Waals surface area contributed by atoms with Crippen LogP contribution in [0.4, 0.5) is 0 Å². The summed E-state index contributed by atoms with van der Waals surface area (Å²) in [6.07, 6.45) is 0.824. The summed E-state index contributed by atoms with van der Waals surface area (Å²) in [5.41, 5.74) is 0. The van der Waals surface area contributed by atoms with Gasteiger partial charge in [0.2, 0.25) is 0 Å². The summed E-state index contributed by atoms with van der Waals surface area (Å²) in [5, 5.41) is 15.9. The average Bonchev–Trinajstić information content (AvgIpc) is 2.77. The second-order valence-electron chi connectivity index (χ2n) is 5.37. The van der Waals surface area contributed by atoms with Gasteiger partial charge in [0, 0.05) is 38.1 Å². The van der Waals surface area contributed by atoms with Crippen LogP contribution in [0.2, 0.25) is 0 Å². The highest BCUT2D eigenvalue weighted by Gasteiger charge is 2.30. The lowest BCUT2D eigenvalue weighted by Crippen LogP contribution is -2.59. The highest BCUT2D eigenvalue weighted by atomic mass is 15.6. The van der Waals surface area contributed by atoms with Gasteiger partial charge in [-0.3, -0.25) is 4.90 Å². The van der Waals surface area contributed by atoms with Crippen LogP contribution in [0.5, 0.6) is 0 Å². The third-order valence-electron chi connectivity index (χ3n) is 3.78. The highest BCUT2D eigenvalue weighted by Crippen LogP contribution is 2.12. The molecular weight excluding hydrogens is 242 g/mol. The van der Waals surface area contributed by atoms with Gasteiger partial charge < -0.3 is 10.2 Å². The lowest BCUT2D eigenvalue weighted by atomic mass is 10.0. The van der Waals surface area contributed by atoms with E-state index in [1.807, 2.05) is 0 Å². The van der Waals surface area contributed by atoms with Gasteiger partial charge in [-0.2, -0.15) is 4.80 Å². The fourth-order valence-electron chi connectivity index (χ4n) is 2.69. The molecule has 1 fully saturated rings. The molecular formula is C12H25N7. The molecule has 1 aromatic heterocycles. The number of rotatable bonds is 5. The molecule has 19 heavy (non-hydrogen) atoms. The fraction of sp³-hybridized carbons (Fsp3) is 0.917. The molecule has 0 aliphatic carbocycles. The number of piperazine rings is 1. The van der Waals surface area contributed by atoms with Gasteiger partial charge >= 0.3 is 0 Å². The Morgan fingerprint density at radius 3 is 2.74 bits per heavy atom. The third-order valence-corrected chi connectivity index (χ3v) is 3.78. The standard InChI is InChI=1S/C12H25N7/c1-5-13-10(8-12-14-16-19(4)15-12)11-9-17(2)6-7-18(11)3/h10-11,13H,5-9H2,1-4H3. The van der Waals surface area contributed by atoms with Crippen LogP contribution in [0.3, 0.4) is 0 Å². The summed E-state index contributed by atoms with van der Waals surface area (Å²) in [5.74, 6) is 0.815. The second-order valence-corrected chi connectivity index (χ2v) is 5.37. The Balaban J connectivity index is 2.05. The zero-order valence-electron chi connectivity index (χ0n) is 12.4. The van der Waals surface area contributed by atoms with Gasteiger partial charge in [-0.15, -0.1) is 10.2 Å². The maximum atomic E-state index is 4.29. The first kappa shape index (κ1) is 14.4. The number of hydrogen-bond acceptors (Lipinski definition) is 6. The predicted molar refractivity (Wildman–Crippen MR) is 73.9 cm³/mol. The number of aryl methyl sites for hydroxylation is 1. The third kappa shape index (κ3) is 3.71. The van der Waals surface area contributed by atoms with Crippen LogP contribution in [0.1, 0.15) is 12.7 Å². The highest BCUT2D eigenvalue weighted by molar-refractivity contribution is 4.94. The molecule has 1 aromatic rings. The van der Waals surface area contributed by atoms with E-state index in [-0.39, 0.29) is 0 Å². The topological polar surface area (TPSA) is 62.1 Å². The minimum Gasteiger partial charge on any atom is -0.312 e. The molecule has 2 unspecified atom stereocenters. The van der Waals surface area contributed by atoms with Gasteiger partial charge in [0.1, 0.15) is 0 Å². The summed E-state index contributed by atoms with van der Waals surface area (Å²) < 4.78 is 0. The number of nitrogens with one attached hydrogen (secondary N) is 1. The van der Waals surface area contributed by atoms with Crippen molar-refractivity contribution < 1.29 is 0 Å². The van der Waals surface area contributed by atoms with E-state index in [1.165, 1.54) is 4.80 Å². The molecule has 108 valence electrons. The smallest absolute Gasteiger partial charge is 0.176 e. The van der Waals surface area contributed by atoms with Gasteiger partial charge in [-0.1, -0.05) is 6.92 Å². The maximum absolute atomic E-state index is 4.29. The molecule has 0 amide bonds. The molecule has 7 heteroatoms. The lowest BCUT2D eigenvalue weighted by Gasteiger charge is -2.42. The zero-order chi connectivity index (χ0) is 13.8. The van der Waals surface area contributed by atoms with Gasteiger partial charge in [-0.05, 0) is 25.9 Å². The Bertz CT molecular complexity index is 391. The molecule has 0 radical (unpaired) electrons. The average molecular weight is 267 g/mol. The van der Waals surface area contributed by atoms with Gasteiger partial charge in [-0.25, -0.2) is 0 Å². The van der Waals surface area contributed by atoms with Crippen molar-refractivity contribution in [1.29, 1.82) is 0 Å². The van der Waals surface area contributed by atoms with E-state index in [0.29, 0.717) is 12.1 Å². The fourth-order valence-corrected chi connectivity index (χ4v) is 2.69. The van der Waals surface area contributed by atoms with E-state index in [1.54, 1.807) is 7.05 Å². The first-order chi connectivity index (χ1) is 9.10. The second kappa shape index (κ2) is 6.40. The van der Waals surface area contributed by atoms with Crippen LogP contribution in [0.25, 0.3) is 0 Å². The van der Waals surface area contributed by atoms with Crippen LogP contribution in [-0.4, -0.2) is 82.4 Å². The summed E-state index contributed by atoms with van der Waals surface area (Å²) in [4.78, 5) is 6.35. The Morgan fingerprint density at radius 1 is 1.32 bits per heavy atom. The molecule has 1 saturated heterocycles. The van der Waals surface area contributed by atoms with Crippen LogP contribution >= 0.6 is 0 Å². The number of aromatic nitrogens is 4. The Labute approximate surface area is 114 Å². The summed E-state index contributed by atoms with van der Waals surface area (Å²) in [6, 6.07) is 0.851. The summed E-state index contributed by atoms with van der Waals surface area (Å²) in [6.45, 7) is 6.42. The van der Waals surface area contributed by atoms with E-state index in [4.69, 9.17) is 0 Å². The number of likely N-dealkylation sites (N-methyl/N-ethyl adjacent to an activating group) is 3. The maximum Gasteiger partial charge on any atom is 0.176 e. The molecule has 1 aliphatic rings. The SMILES string of the molecule is CCNC(Cc1nnn(C)n1)C1CN(C)CCN1C. The molecule has 0 bridgehead atoms. The molecule has 1 N–H and O–H groups in total. The molecule has 2 rings (SSSR count). The Hall–Kier alpha value is -1.05. The largest absolute Gasteiger partial charge is 0.312 e. The van der Waals surface area contributed by atoms with Gasteiger partial charge in [0.15, 0.2) is 5.82 Å². The monoisotopic (exact) mass is 267 g/mol. The van der Waals surface area contributed by atoms with Gasteiger partial charge in [0.05, 0.1) is 7.05 Å². The molecule has 0 aromatic carbocycles. The normalized spacial score (nSPS) is 23.7. The molecule has 0 saturated carbocycles. The number of tetrazole rings is 1. The van der Waals surface area contributed by atoms with Crippen molar-refractivity contribution in [2.24, 2.45) is 7.05 Å². The van der Waals surface area contributed by atoms with Crippen LogP contribution in [-0.2, 0) is 13.5 Å². The minimum atomic E-state index is 0.363. The zero-order valence-corrected chi connectivity index (χ0v) is 12.4. The number of nitrogens with zero attached hydrogens (tertiary/aromatic N) is 6. The first-order valence-electron chi connectivity index (χ1n) is 6.95. The van der Waals surface area contributed by atoms with Crippen molar-refractivity contribution in [3.05, 3.63) is 5.82 Å². The first-order valence-corrected chi connectivity index (χ1v) is 6.95. The predicted octanol–water partition coefficient (Wildman–Crippen LogP) is -1.02. The summed E-state index contributed by atoms with van der Waals surface area (Å²) >= 11 is 0. The van der Waals surface area contributed by atoms with Crippen molar-refractivity contribution in [2.45, 2.75) is 25.4 Å². The molecule has 1 aliphatic heterocycles. The van der Waals surface area contributed by atoms with Gasteiger partial charge in [0.25, 0.3) is 0 Å². The van der Waals surface area contributed by atoms with E-state index < -0.39 is 0 Å². The van der Waals surface area contributed by atoms with E-state index in [2.05, 4.69) is 51.5 Å². The van der Waals surface area contributed by atoms with Crippen molar-refractivity contribution >= 4 is 0 Å². The van der Waals surface area contributed by atoms with Crippen molar-refractivity contribution in [3.8, 4) is 0 Å². The quantitative estimate of drug-likeness (QED) is 0.736. The molecule has 2 heterocycles. The van der Waals surface area contributed by atoms with Crippen molar-refractivity contribution in [3.63, 3.8) is 0 Å². The molecule has 0 spiro atoms. The van der Waals surface area contributed by atoms with E-state index in [9.17, 15) is 0 Å². The van der Waals surface area contributed by atoms with Crippen LogP contribution in [0, 0.1) is 0 Å². The van der Waals surface area contributed by atoms with Crippen LogP contribution < -0.4 is 5.32 Å². The van der Waals surface area contributed by atoms with E-state index >= 15 is 0 Å². The Kier molecular flexibility index (Phi) is 4.84. The molecule has 7 nitrogen and oxygen atoms in total. The minimum absolute atomic E-state index is 0.363. The lowest BCUT2D eigenvalue weighted by molar-refractivity contribution is 0.0875. The Morgan fingerprint density at radius 2 is 2.11 bits per heavy atom. The summed E-state index contributed by atoms with van der Waals surface area (Å²) in [7, 11) is 6.19. The van der Waals surface area contributed by atoms with Crippen molar-refractivity contribution in [2.75, 3.05) is 40.3 Å². The van der Waals surface area contributed by atoms with E-state index in [0.717, 1.165) is 38.4 Å². The van der Waals surface area contributed by atoms with Crippen LogP contribution in [0.15, 0.2) is 0 Å². The number of hydrogen-bond donors (Lipinski definition) is 1. The van der Waals surface area contributed by atoms with Crippen molar-refractivity contribution in [1.82, 2.24) is 35.3 Å². The molecule has 2 atom stereocenters.